The van der Waals surface area contributed by atoms with Crippen LogP contribution in [0.3, 0.4) is 0 Å². The molecule has 0 heterocycles. The molecule has 0 aromatic heterocycles. The van der Waals surface area contributed by atoms with E-state index in [1.54, 1.807) is 7.11 Å². The SMILES string of the molecule is COCCOCCCC(C)(C)C(N)=NO. The zero-order valence-electron chi connectivity index (χ0n) is 9.82. The summed E-state index contributed by atoms with van der Waals surface area (Å²) in [6.07, 6.45) is 1.71. The van der Waals surface area contributed by atoms with Crippen LogP contribution in [0, 0.1) is 5.41 Å². The van der Waals surface area contributed by atoms with Crippen LogP contribution in [-0.4, -0.2) is 38.0 Å². The lowest BCUT2D eigenvalue weighted by atomic mass is 9.87. The van der Waals surface area contributed by atoms with Crippen LogP contribution in [0.25, 0.3) is 0 Å². The van der Waals surface area contributed by atoms with Gasteiger partial charge in [-0.2, -0.15) is 0 Å². The van der Waals surface area contributed by atoms with E-state index in [1.807, 2.05) is 13.8 Å². The zero-order chi connectivity index (χ0) is 11.7. The highest BCUT2D eigenvalue weighted by molar-refractivity contribution is 5.85. The van der Waals surface area contributed by atoms with Crippen LogP contribution >= 0.6 is 0 Å². The fraction of sp³-hybridized carbons (Fsp3) is 0.900. The predicted octanol–water partition coefficient (Wildman–Crippen LogP) is 1.20. The average molecular weight is 218 g/mol. The number of nitrogens with two attached hydrogens (primary N) is 1. The summed E-state index contributed by atoms with van der Waals surface area (Å²) in [5, 5.41) is 11.6. The molecule has 0 amide bonds. The zero-order valence-corrected chi connectivity index (χ0v) is 9.82. The molecule has 0 fully saturated rings. The third-order valence-electron chi connectivity index (χ3n) is 2.32. The van der Waals surface area contributed by atoms with Gasteiger partial charge in [0.25, 0.3) is 0 Å². The maximum Gasteiger partial charge on any atom is 0.144 e. The Morgan fingerprint density at radius 3 is 2.53 bits per heavy atom. The Hall–Kier alpha value is -0.810. The van der Waals surface area contributed by atoms with Crippen molar-refractivity contribution in [1.82, 2.24) is 0 Å². The van der Waals surface area contributed by atoms with E-state index in [0.29, 0.717) is 19.8 Å². The molecule has 0 aromatic rings. The quantitative estimate of drug-likeness (QED) is 0.211. The van der Waals surface area contributed by atoms with Gasteiger partial charge in [-0.05, 0) is 12.8 Å². The standard InChI is InChI=1S/C10H22N2O3/c1-10(2,9(11)12-13)5-4-6-15-8-7-14-3/h13H,4-8H2,1-3H3,(H2,11,12). The van der Waals surface area contributed by atoms with E-state index in [9.17, 15) is 0 Å². The van der Waals surface area contributed by atoms with Gasteiger partial charge in [0.15, 0.2) is 0 Å². The van der Waals surface area contributed by atoms with Gasteiger partial charge < -0.3 is 20.4 Å². The molecule has 0 aliphatic heterocycles. The van der Waals surface area contributed by atoms with E-state index in [2.05, 4.69) is 5.16 Å². The lowest BCUT2D eigenvalue weighted by molar-refractivity contribution is 0.0666. The minimum Gasteiger partial charge on any atom is -0.409 e. The molecule has 0 spiro atoms. The first-order valence-electron chi connectivity index (χ1n) is 5.09. The molecule has 15 heavy (non-hydrogen) atoms. The van der Waals surface area contributed by atoms with Crippen LogP contribution in [0.15, 0.2) is 5.16 Å². The summed E-state index contributed by atoms with van der Waals surface area (Å²) in [7, 11) is 1.64. The number of amidine groups is 1. The molecule has 90 valence electrons. The number of ether oxygens (including phenoxy) is 2. The molecular weight excluding hydrogens is 196 g/mol. The second-order valence-corrected chi connectivity index (χ2v) is 4.08. The van der Waals surface area contributed by atoms with Gasteiger partial charge >= 0.3 is 0 Å². The van der Waals surface area contributed by atoms with Gasteiger partial charge in [-0.25, -0.2) is 0 Å². The number of hydrogen-bond acceptors (Lipinski definition) is 4. The number of rotatable bonds is 8. The second kappa shape index (κ2) is 7.48. The van der Waals surface area contributed by atoms with Crippen molar-refractivity contribution in [1.29, 1.82) is 0 Å². The summed E-state index contributed by atoms with van der Waals surface area (Å²) in [5.41, 5.74) is 5.27. The van der Waals surface area contributed by atoms with E-state index in [4.69, 9.17) is 20.4 Å². The van der Waals surface area contributed by atoms with Crippen molar-refractivity contribution in [2.45, 2.75) is 26.7 Å². The lowest BCUT2D eigenvalue weighted by Gasteiger charge is -2.22. The first-order valence-corrected chi connectivity index (χ1v) is 5.09. The lowest BCUT2D eigenvalue weighted by Crippen LogP contribution is -2.32. The van der Waals surface area contributed by atoms with Crippen LogP contribution in [0.2, 0.25) is 0 Å². The number of methoxy groups -OCH3 is 1. The van der Waals surface area contributed by atoms with Crippen LogP contribution in [0.5, 0.6) is 0 Å². The van der Waals surface area contributed by atoms with Crippen molar-refractivity contribution in [2.24, 2.45) is 16.3 Å². The number of oxime groups is 1. The summed E-state index contributed by atoms with van der Waals surface area (Å²) >= 11 is 0. The molecule has 5 nitrogen and oxygen atoms in total. The van der Waals surface area contributed by atoms with Crippen LogP contribution < -0.4 is 5.73 Å². The Morgan fingerprint density at radius 2 is 2.00 bits per heavy atom. The highest BCUT2D eigenvalue weighted by atomic mass is 16.5. The van der Waals surface area contributed by atoms with E-state index in [0.717, 1.165) is 12.8 Å². The van der Waals surface area contributed by atoms with Gasteiger partial charge in [-0.1, -0.05) is 19.0 Å². The maximum atomic E-state index is 8.56. The Kier molecular flexibility index (Phi) is 7.07. The van der Waals surface area contributed by atoms with Crippen molar-refractivity contribution < 1.29 is 14.7 Å². The molecule has 5 heteroatoms. The topological polar surface area (TPSA) is 77.1 Å². The van der Waals surface area contributed by atoms with Crippen molar-refractivity contribution in [3.63, 3.8) is 0 Å². The molecule has 0 aliphatic carbocycles. The molecule has 0 saturated carbocycles. The van der Waals surface area contributed by atoms with Gasteiger partial charge in [0.1, 0.15) is 5.84 Å². The highest BCUT2D eigenvalue weighted by Crippen LogP contribution is 2.22. The van der Waals surface area contributed by atoms with Crippen molar-refractivity contribution in [2.75, 3.05) is 26.9 Å². The van der Waals surface area contributed by atoms with Crippen molar-refractivity contribution >= 4 is 5.84 Å². The summed E-state index contributed by atoms with van der Waals surface area (Å²) in [5.74, 6) is 0.263. The van der Waals surface area contributed by atoms with Gasteiger partial charge in [0, 0.05) is 19.1 Å². The van der Waals surface area contributed by atoms with Crippen molar-refractivity contribution in [3.8, 4) is 0 Å². The third-order valence-corrected chi connectivity index (χ3v) is 2.32. The Morgan fingerprint density at radius 1 is 1.33 bits per heavy atom. The molecule has 0 bridgehead atoms. The monoisotopic (exact) mass is 218 g/mol. The third kappa shape index (κ3) is 6.30. The number of nitrogens with zero attached hydrogens (tertiary/aromatic N) is 1. The molecule has 0 radical (unpaired) electrons. The molecule has 0 atom stereocenters. The second-order valence-electron chi connectivity index (χ2n) is 4.08. The highest BCUT2D eigenvalue weighted by Gasteiger charge is 2.22. The fourth-order valence-electron chi connectivity index (χ4n) is 1.12. The minimum atomic E-state index is -0.278. The Labute approximate surface area is 91.2 Å². The average Bonchev–Trinajstić information content (AvgIpc) is 2.22. The van der Waals surface area contributed by atoms with Crippen LogP contribution in [0.1, 0.15) is 26.7 Å². The van der Waals surface area contributed by atoms with Gasteiger partial charge in [-0.3, -0.25) is 0 Å². The summed E-state index contributed by atoms with van der Waals surface area (Å²) < 4.78 is 10.2. The summed E-state index contributed by atoms with van der Waals surface area (Å²) in [6, 6.07) is 0. The molecular formula is C10H22N2O3. The van der Waals surface area contributed by atoms with Gasteiger partial charge in [0.05, 0.1) is 13.2 Å². The van der Waals surface area contributed by atoms with E-state index in [-0.39, 0.29) is 11.3 Å². The molecule has 0 aromatic carbocycles. The van der Waals surface area contributed by atoms with E-state index in [1.165, 1.54) is 0 Å². The summed E-state index contributed by atoms with van der Waals surface area (Å²) in [4.78, 5) is 0. The summed E-state index contributed by atoms with van der Waals surface area (Å²) in [6.45, 7) is 5.78. The molecule has 3 N–H and O–H groups in total. The maximum absolute atomic E-state index is 8.56. The van der Waals surface area contributed by atoms with E-state index >= 15 is 0 Å². The largest absolute Gasteiger partial charge is 0.409 e. The van der Waals surface area contributed by atoms with Gasteiger partial charge in [0.2, 0.25) is 0 Å². The number of hydrogen-bond donors (Lipinski definition) is 2. The van der Waals surface area contributed by atoms with Crippen LogP contribution in [0.4, 0.5) is 0 Å². The predicted molar refractivity (Wildman–Crippen MR) is 59.1 cm³/mol. The Bertz CT molecular complexity index is 193. The molecule has 0 saturated heterocycles. The fourth-order valence-corrected chi connectivity index (χ4v) is 1.12. The molecule has 0 unspecified atom stereocenters. The minimum absolute atomic E-state index is 0.263. The Balaban J connectivity index is 3.58. The van der Waals surface area contributed by atoms with Crippen molar-refractivity contribution in [3.05, 3.63) is 0 Å². The smallest absolute Gasteiger partial charge is 0.144 e. The first-order chi connectivity index (χ1) is 7.04. The molecule has 0 aliphatic rings. The van der Waals surface area contributed by atoms with Gasteiger partial charge in [-0.15, -0.1) is 0 Å². The van der Waals surface area contributed by atoms with Crippen LogP contribution in [-0.2, 0) is 9.47 Å². The first kappa shape index (κ1) is 14.2. The van der Waals surface area contributed by atoms with E-state index < -0.39 is 0 Å². The normalized spacial score (nSPS) is 13.1. The molecule has 0 rings (SSSR count).